The summed E-state index contributed by atoms with van der Waals surface area (Å²) in [4.78, 5) is 9.85. The second kappa shape index (κ2) is 5.90. The van der Waals surface area contributed by atoms with Crippen molar-refractivity contribution in [2.45, 2.75) is 6.10 Å². The summed E-state index contributed by atoms with van der Waals surface area (Å²) in [5.41, 5.74) is 0.278. The van der Waals surface area contributed by atoms with Gasteiger partial charge in [0.1, 0.15) is 23.5 Å². The van der Waals surface area contributed by atoms with Crippen molar-refractivity contribution in [3.8, 4) is 0 Å². The summed E-state index contributed by atoms with van der Waals surface area (Å²) < 4.78 is 18.5. The van der Waals surface area contributed by atoms with Crippen molar-refractivity contribution in [2.75, 3.05) is 32.2 Å². The van der Waals surface area contributed by atoms with Gasteiger partial charge in [0, 0.05) is 26.1 Å². The van der Waals surface area contributed by atoms with Gasteiger partial charge in [0.15, 0.2) is 0 Å². The minimum absolute atomic E-state index is 0.238. The van der Waals surface area contributed by atoms with Crippen LogP contribution in [0.2, 0.25) is 0 Å². The summed E-state index contributed by atoms with van der Waals surface area (Å²) in [5, 5.41) is 10.3. The number of benzene rings is 1. The number of aliphatic hydroxyl groups excluding tert-OH is 1. The zero-order valence-electron chi connectivity index (χ0n) is 10.9. The van der Waals surface area contributed by atoms with Crippen LogP contribution >= 0.6 is 0 Å². The van der Waals surface area contributed by atoms with E-state index in [2.05, 4.69) is 9.97 Å². The van der Waals surface area contributed by atoms with Gasteiger partial charge in [-0.3, -0.25) is 0 Å². The third-order valence-electron chi connectivity index (χ3n) is 2.80. The third-order valence-corrected chi connectivity index (χ3v) is 2.80. The molecule has 1 heterocycles. The van der Waals surface area contributed by atoms with E-state index in [1.165, 1.54) is 19.5 Å². The molecule has 0 spiro atoms. The number of rotatable bonds is 5. The van der Waals surface area contributed by atoms with Crippen LogP contribution in [0.15, 0.2) is 24.5 Å². The van der Waals surface area contributed by atoms with Gasteiger partial charge in [0.05, 0.1) is 12.7 Å². The Kier molecular flexibility index (Phi) is 4.24. The first-order valence-electron chi connectivity index (χ1n) is 5.91. The van der Waals surface area contributed by atoms with E-state index in [9.17, 15) is 9.50 Å². The summed E-state index contributed by atoms with van der Waals surface area (Å²) in [6, 6.07) is 4.73. The molecule has 0 bridgehead atoms. The molecule has 1 aromatic heterocycles. The van der Waals surface area contributed by atoms with Crippen LogP contribution in [0.3, 0.4) is 0 Å². The van der Waals surface area contributed by atoms with Crippen molar-refractivity contribution < 1.29 is 14.2 Å². The Hall–Kier alpha value is -1.79. The molecule has 1 unspecified atom stereocenters. The van der Waals surface area contributed by atoms with Crippen LogP contribution in [0, 0.1) is 5.82 Å². The topological polar surface area (TPSA) is 58.5 Å². The van der Waals surface area contributed by atoms with Crippen LogP contribution in [-0.4, -0.2) is 48.5 Å². The lowest BCUT2D eigenvalue weighted by Crippen LogP contribution is -2.32. The standard InChI is InChI=1S/C13H16FN3O2/c1-17(6-9(18)7-19-2)13-10-4-3-5-11(14)12(10)15-8-16-13/h3-5,8-9,18H,6-7H2,1-2H3. The van der Waals surface area contributed by atoms with Gasteiger partial charge in [0.25, 0.3) is 0 Å². The number of para-hydroxylation sites is 1. The number of halogens is 1. The number of aliphatic hydroxyl groups is 1. The Labute approximate surface area is 110 Å². The molecule has 0 aliphatic rings. The predicted octanol–water partition coefficient (Wildman–Crippen LogP) is 1.21. The van der Waals surface area contributed by atoms with Crippen LogP contribution in [0.4, 0.5) is 10.2 Å². The second-order valence-corrected chi connectivity index (χ2v) is 4.32. The number of hydrogen-bond acceptors (Lipinski definition) is 5. The minimum Gasteiger partial charge on any atom is -0.389 e. The normalized spacial score (nSPS) is 12.6. The van der Waals surface area contributed by atoms with E-state index in [4.69, 9.17) is 4.74 Å². The number of likely N-dealkylation sites (N-methyl/N-ethyl adjacent to an activating group) is 1. The molecule has 0 saturated heterocycles. The van der Waals surface area contributed by atoms with Crippen molar-refractivity contribution in [1.82, 2.24) is 9.97 Å². The molecule has 0 amide bonds. The van der Waals surface area contributed by atoms with Crippen molar-refractivity contribution >= 4 is 16.7 Å². The Morgan fingerprint density at radius 2 is 2.21 bits per heavy atom. The fourth-order valence-electron chi connectivity index (χ4n) is 1.99. The molecule has 0 radical (unpaired) electrons. The molecule has 0 fully saturated rings. The zero-order valence-corrected chi connectivity index (χ0v) is 10.9. The molecule has 6 heteroatoms. The highest BCUT2D eigenvalue weighted by Crippen LogP contribution is 2.23. The van der Waals surface area contributed by atoms with E-state index in [1.54, 1.807) is 24.1 Å². The van der Waals surface area contributed by atoms with Gasteiger partial charge < -0.3 is 14.7 Å². The average Bonchev–Trinajstić information content (AvgIpc) is 2.38. The summed E-state index contributed by atoms with van der Waals surface area (Å²) >= 11 is 0. The number of hydrogen-bond donors (Lipinski definition) is 1. The summed E-state index contributed by atoms with van der Waals surface area (Å²) in [6.45, 7) is 0.582. The van der Waals surface area contributed by atoms with E-state index in [1.807, 2.05) is 0 Å². The molecular weight excluding hydrogens is 249 g/mol. The van der Waals surface area contributed by atoms with E-state index in [0.29, 0.717) is 17.7 Å². The SMILES string of the molecule is COCC(O)CN(C)c1ncnc2c(F)cccc12. The lowest BCUT2D eigenvalue weighted by atomic mass is 10.2. The number of aromatic nitrogens is 2. The molecule has 102 valence electrons. The molecule has 19 heavy (non-hydrogen) atoms. The van der Waals surface area contributed by atoms with Gasteiger partial charge in [-0.05, 0) is 12.1 Å². The zero-order chi connectivity index (χ0) is 13.8. The number of anilines is 1. The average molecular weight is 265 g/mol. The summed E-state index contributed by atoms with van der Waals surface area (Å²) in [6.07, 6.45) is 0.688. The monoisotopic (exact) mass is 265 g/mol. The van der Waals surface area contributed by atoms with Crippen molar-refractivity contribution in [3.63, 3.8) is 0 Å². The van der Waals surface area contributed by atoms with Gasteiger partial charge in [-0.2, -0.15) is 0 Å². The number of nitrogens with zero attached hydrogens (tertiary/aromatic N) is 3. The van der Waals surface area contributed by atoms with Crippen LogP contribution in [-0.2, 0) is 4.74 Å². The lowest BCUT2D eigenvalue weighted by molar-refractivity contribution is 0.0694. The molecule has 1 atom stereocenters. The third kappa shape index (κ3) is 2.97. The van der Waals surface area contributed by atoms with E-state index >= 15 is 0 Å². The van der Waals surface area contributed by atoms with Crippen LogP contribution < -0.4 is 4.90 Å². The first kappa shape index (κ1) is 13.6. The number of ether oxygens (including phenoxy) is 1. The Morgan fingerprint density at radius 1 is 1.42 bits per heavy atom. The fourth-order valence-corrected chi connectivity index (χ4v) is 1.99. The number of fused-ring (bicyclic) bond motifs is 1. The van der Waals surface area contributed by atoms with Crippen LogP contribution in [0.5, 0.6) is 0 Å². The van der Waals surface area contributed by atoms with Gasteiger partial charge in [-0.15, -0.1) is 0 Å². The highest BCUT2D eigenvalue weighted by molar-refractivity contribution is 5.89. The van der Waals surface area contributed by atoms with E-state index in [0.717, 1.165) is 0 Å². The maximum atomic E-state index is 13.6. The smallest absolute Gasteiger partial charge is 0.149 e. The molecular formula is C13H16FN3O2. The molecule has 1 N–H and O–H groups in total. The Bertz CT molecular complexity index is 565. The van der Waals surface area contributed by atoms with Gasteiger partial charge in [-0.1, -0.05) is 6.07 Å². The Balaban J connectivity index is 2.32. The molecule has 5 nitrogen and oxygen atoms in total. The molecule has 1 aromatic carbocycles. The number of methoxy groups -OCH3 is 1. The van der Waals surface area contributed by atoms with Gasteiger partial charge in [-0.25, -0.2) is 14.4 Å². The largest absolute Gasteiger partial charge is 0.389 e. The van der Waals surface area contributed by atoms with Gasteiger partial charge in [0.2, 0.25) is 0 Å². The second-order valence-electron chi connectivity index (χ2n) is 4.32. The van der Waals surface area contributed by atoms with E-state index < -0.39 is 6.10 Å². The minimum atomic E-state index is -0.631. The first-order valence-corrected chi connectivity index (χ1v) is 5.91. The quantitative estimate of drug-likeness (QED) is 0.880. The van der Waals surface area contributed by atoms with Gasteiger partial charge >= 0.3 is 0 Å². The Morgan fingerprint density at radius 3 is 2.95 bits per heavy atom. The molecule has 2 rings (SSSR count). The van der Waals surface area contributed by atoms with Crippen molar-refractivity contribution in [1.29, 1.82) is 0 Å². The highest BCUT2D eigenvalue weighted by atomic mass is 19.1. The maximum absolute atomic E-state index is 13.6. The van der Waals surface area contributed by atoms with Crippen molar-refractivity contribution in [2.24, 2.45) is 0 Å². The van der Waals surface area contributed by atoms with Crippen LogP contribution in [0.25, 0.3) is 10.9 Å². The maximum Gasteiger partial charge on any atom is 0.149 e. The molecule has 0 aliphatic carbocycles. The van der Waals surface area contributed by atoms with Crippen LogP contribution in [0.1, 0.15) is 0 Å². The first-order chi connectivity index (χ1) is 9.13. The van der Waals surface area contributed by atoms with E-state index in [-0.39, 0.29) is 17.9 Å². The highest BCUT2D eigenvalue weighted by Gasteiger charge is 2.14. The fraction of sp³-hybridized carbons (Fsp3) is 0.385. The summed E-state index contributed by atoms with van der Waals surface area (Å²) in [5.74, 6) is 0.201. The molecule has 0 saturated carbocycles. The summed E-state index contributed by atoms with van der Waals surface area (Å²) in [7, 11) is 3.31. The molecule has 0 aliphatic heterocycles. The molecule has 2 aromatic rings. The predicted molar refractivity (Wildman–Crippen MR) is 70.6 cm³/mol. The lowest BCUT2D eigenvalue weighted by Gasteiger charge is -2.22. The van der Waals surface area contributed by atoms with Crippen molar-refractivity contribution in [3.05, 3.63) is 30.3 Å².